The van der Waals surface area contributed by atoms with Gasteiger partial charge in [-0.3, -0.25) is 19.3 Å². The number of nitrogens with one attached hydrogen (secondary N) is 1. The third-order valence-electron chi connectivity index (χ3n) is 5.05. The smallest absolute Gasteiger partial charge is 0.233 e. The number of benzene rings is 1. The van der Waals surface area contributed by atoms with Gasteiger partial charge in [0.2, 0.25) is 17.7 Å². The molecule has 0 spiro atoms. The molecule has 2 atom stereocenters. The number of anilines is 1. The number of carbonyl (C=O) groups excluding carboxylic acids is 3. The Hall–Kier alpha value is -2.87. The highest BCUT2D eigenvalue weighted by molar-refractivity contribution is 7.14. The topological polar surface area (TPSA) is 79.4 Å². The number of fused-ring (bicyclic) bond motifs is 1. The van der Waals surface area contributed by atoms with Crippen LogP contribution >= 0.6 is 11.3 Å². The molecule has 0 saturated carbocycles. The summed E-state index contributed by atoms with van der Waals surface area (Å²) in [5, 5.41) is 4.88. The third kappa shape index (κ3) is 3.60. The Kier molecular flexibility index (Phi) is 5.04. The second-order valence-electron chi connectivity index (χ2n) is 6.83. The second-order valence-corrected chi connectivity index (χ2v) is 7.68. The van der Waals surface area contributed by atoms with Gasteiger partial charge in [-0.15, -0.1) is 11.3 Å². The largest absolute Gasteiger partial charge is 0.302 e. The number of carbonyl (C=O) groups is 3. The first-order valence-corrected chi connectivity index (χ1v) is 9.92. The fourth-order valence-electron chi connectivity index (χ4n) is 3.57. The van der Waals surface area contributed by atoms with Crippen LogP contribution < -0.4 is 5.32 Å². The number of aromatic nitrogens is 1. The number of halogens is 1. The van der Waals surface area contributed by atoms with E-state index >= 15 is 0 Å². The normalized spacial score (nSPS) is 21.1. The summed E-state index contributed by atoms with van der Waals surface area (Å²) in [6.07, 6.45) is 5.07. The molecule has 2 heterocycles. The molecular weight excluding hydrogens is 381 g/mol. The highest BCUT2D eigenvalue weighted by Crippen LogP contribution is 2.35. The van der Waals surface area contributed by atoms with Crippen LogP contribution in [-0.2, 0) is 14.4 Å². The van der Waals surface area contributed by atoms with E-state index in [9.17, 15) is 18.8 Å². The predicted octanol–water partition coefficient (Wildman–Crippen LogP) is 3.23. The maximum atomic E-state index is 13.0. The standard InChI is InChI=1S/C20H18FN3O3S/c21-13-7-5-12(6-8-13)16-11-28-20(22-16)23-17(25)9-10-24-18(26)14-3-1-2-4-15(14)19(24)27/h1-2,5-8,11,14-15H,3-4,9-10H2,(H,22,23,25)/t14-,15-/m1/s1. The SMILES string of the molecule is O=C(CCN1C(=O)[C@@H]2CC=CC[C@H]2C1=O)Nc1nc(-c2ccc(F)cc2)cs1. The molecule has 1 aromatic heterocycles. The van der Waals surface area contributed by atoms with Crippen molar-refractivity contribution in [1.82, 2.24) is 9.88 Å². The van der Waals surface area contributed by atoms with Crippen molar-refractivity contribution in [2.45, 2.75) is 19.3 Å². The zero-order chi connectivity index (χ0) is 19.7. The summed E-state index contributed by atoms with van der Waals surface area (Å²) in [7, 11) is 0. The van der Waals surface area contributed by atoms with Gasteiger partial charge in [0.25, 0.3) is 0 Å². The summed E-state index contributed by atoms with van der Waals surface area (Å²) in [5.74, 6) is -1.56. The molecule has 2 aromatic rings. The Balaban J connectivity index is 1.33. The third-order valence-corrected chi connectivity index (χ3v) is 5.81. The van der Waals surface area contributed by atoms with Crippen molar-refractivity contribution in [3.05, 3.63) is 47.6 Å². The van der Waals surface area contributed by atoms with Gasteiger partial charge in [0, 0.05) is 23.9 Å². The summed E-state index contributed by atoms with van der Waals surface area (Å²) in [6.45, 7) is 0.0761. The van der Waals surface area contributed by atoms with Crippen molar-refractivity contribution in [2.24, 2.45) is 11.8 Å². The highest BCUT2D eigenvalue weighted by Gasteiger charge is 2.46. The van der Waals surface area contributed by atoms with Gasteiger partial charge >= 0.3 is 0 Å². The summed E-state index contributed by atoms with van der Waals surface area (Å²) in [6, 6.07) is 5.94. The lowest BCUT2D eigenvalue weighted by Crippen LogP contribution is -2.34. The van der Waals surface area contributed by atoms with Gasteiger partial charge in [-0.05, 0) is 37.1 Å². The first-order valence-electron chi connectivity index (χ1n) is 9.04. The van der Waals surface area contributed by atoms with Gasteiger partial charge in [0.15, 0.2) is 5.13 Å². The minimum Gasteiger partial charge on any atom is -0.302 e. The van der Waals surface area contributed by atoms with Gasteiger partial charge in [0.05, 0.1) is 17.5 Å². The zero-order valence-corrected chi connectivity index (χ0v) is 15.7. The number of hydrogen-bond donors (Lipinski definition) is 1. The second kappa shape index (κ2) is 7.63. The molecule has 1 saturated heterocycles. The molecule has 0 radical (unpaired) electrons. The Labute approximate surface area is 165 Å². The molecule has 2 aliphatic rings. The van der Waals surface area contributed by atoms with E-state index < -0.39 is 0 Å². The lowest BCUT2D eigenvalue weighted by molar-refractivity contribution is -0.140. The molecule has 1 aliphatic carbocycles. The lowest BCUT2D eigenvalue weighted by Gasteiger charge is -2.14. The summed E-state index contributed by atoms with van der Waals surface area (Å²) in [5.41, 5.74) is 1.39. The number of rotatable bonds is 5. The van der Waals surface area contributed by atoms with Crippen LogP contribution in [0, 0.1) is 17.7 Å². The van der Waals surface area contributed by atoms with Crippen LogP contribution in [0.1, 0.15) is 19.3 Å². The Morgan fingerprint density at radius 2 is 1.79 bits per heavy atom. The van der Waals surface area contributed by atoms with Crippen LogP contribution in [0.2, 0.25) is 0 Å². The molecule has 0 unspecified atom stereocenters. The number of amides is 3. The molecular formula is C20H18FN3O3S. The average Bonchev–Trinajstić information content (AvgIpc) is 3.25. The van der Waals surface area contributed by atoms with Crippen LogP contribution in [0.3, 0.4) is 0 Å². The summed E-state index contributed by atoms with van der Waals surface area (Å²) < 4.78 is 13.0. The maximum Gasteiger partial charge on any atom is 0.233 e. The van der Waals surface area contributed by atoms with E-state index in [0.29, 0.717) is 23.7 Å². The lowest BCUT2D eigenvalue weighted by atomic mass is 9.85. The average molecular weight is 399 g/mol. The van der Waals surface area contributed by atoms with Crippen molar-refractivity contribution in [3.8, 4) is 11.3 Å². The molecule has 28 heavy (non-hydrogen) atoms. The van der Waals surface area contributed by atoms with Crippen molar-refractivity contribution in [1.29, 1.82) is 0 Å². The summed E-state index contributed by atoms with van der Waals surface area (Å²) in [4.78, 5) is 42.6. The van der Waals surface area contributed by atoms with Crippen molar-refractivity contribution < 1.29 is 18.8 Å². The van der Waals surface area contributed by atoms with Crippen molar-refractivity contribution in [3.63, 3.8) is 0 Å². The molecule has 1 aliphatic heterocycles. The van der Waals surface area contributed by atoms with E-state index in [0.717, 1.165) is 5.56 Å². The number of allylic oxidation sites excluding steroid dienone is 2. The molecule has 1 fully saturated rings. The van der Waals surface area contributed by atoms with Crippen molar-refractivity contribution in [2.75, 3.05) is 11.9 Å². The quantitative estimate of drug-likeness (QED) is 0.618. The Morgan fingerprint density at radius 3 is 2.43 bits per heavy atom. The van der Waals surface area contributed by atoms with Crippen LogP contribution in [-0.4, -0.2) is 34.2 Å². The molecule has 1 aromatic carbocycles. The van der Waals surface area contributed by atoms with Gasteiger partial charge in [-0.25, -0.2) is 9.37 Å². The van der Waals surface area contributed by atoms with Crippen LogP contribution in [0.15, 0.2) is 41.8 Å². The highest BCUT2D eigenvalue weighted by atomic mass is 32.1. The van der Waals surface area contributed by atoms with Gasteiger partial charge < -0.3 is 5.32 Å². The van der Waals surface area contributed by atoms with Gasteiger partial charge in [0.1, 0.15) is 5.82 Å². The number of thiazole rings is 1. The molecule has 4 rings (SSSR count). The van der Waals surface area contributed by atoms with E-state index in [1.807, 2.05) is 12.2 Å². The van der Waals surface area contributed by atoms with Gasteiger partial charge in [-0.1, -0.05) is 12.2 Å². The maximum absolute atomic E-state index is 13.0. The van der Waals surface area contributed by atoms with E-state index in [-0.39, 0.29) is 48.3 Å². The van der Waals surface area contributed by atoms with Crippen LogP contribution in [0.5, 0.6) is 0 Å². The minimum atomic E-state index is -0.325. The Morgan fingerprint density at radius 1 is 1.14 bits per heavy atom. The fourth-order valence-corrected chi connectivity index (χ4v) is 4.30. The monoisotopic (exact) mass is 399 g/mol. The van der Waals surface area contributed by atoms with Crippen LogP contribution in [0.25, 0.3) is 11.3 Å². The molecule has 0 bridgehead atoms. The number of likely N-dealkylation sites (tertiary alicyclic amines) is 1. The first-order chi connectivity index (χ1) is 13.5. The number of imide groups is 1. The fraction of sp³-hybridized carbons (Fsp3) is 0.300. The molecule has 3 amide bonds. The predicted molar refractivity (Wildman–Crippen MR) is 103 cm³/mol. The van der Waals surface area contributed by atoms with Gasteiger partial charge in [-0.2, -0.15) is 0 Å². The van der Waals surface area contributed by atoms with Crippen LogP contribution in [0.4, 0.5) is 9.52 Å². The minimum absolute atomic E-state index is 0.0236. The first kappa shape index (κ1) is 18.5. The molecule has 8 heteroatoms. The molecule has 144 valence electrons. The Bertz CT molecular complexity index is 928. The van der Waals surface area contributed by atoms with E-state index in [1.165, 1.54) is 28.4 Å². The molecule has 6 nitrogen and oxygen atoms in total. The van der Waals surface area contributed by atoms with E-state index in [4.69, 9.17) is 0 Å². The summed E-state index contributed by atoms with van der Waals surface area (Å²) >= 11 is 1.26. The number of nitrogens with zero attached hydrogens (tertiary/aromatic N) is 2. The van der Waals surface area contributed by atoms with E-state index in [2.05, 4.69) is 10.3 Å². The molecule has 1 N–H and O–H groups in total. The zero-order valence-electron chi connectivity index (χ0n) is 14.9. The van der Waals surface area contributed by atoms with E-state index in [1.54, 1.807) is 17.5 Å². The van der Waals surface area contributed by atoms with Crippen molar-refractivity contribution >= 4 is 34.2 Å². The number of hydrogen-bond acceptors (Lipinski definition) is 5.